The Kier molecular flexibility index (Phi) is 4.60. The Labute approximate surface area is 144 Å². The first-order valence-corrected chi connectivity index (χ1v) is 7.55. The van der Waals surface area contributed by atoms with Crippen LogP contribution in [0, 0.1) is 13.8 Å². The second-order valence-corrected chi connectivity index (χ2v) is 5.29. The number of carbonyl (C=O) groups is 1. The van der Waals surface area contributed by atoms with Gasteiger partial charge in [-0.05, 0) is 26.0 Å². The summed E-state index contributed by atoms with van der Waals surface area (Å²) >= 11 is 0. The van der Waals surface area contributed by atoms with Crippen molar-refractivity contribution in [1.29, 1.82) is 0 Å². The van der Waals surface area contributed by atoms with Crippen molar-refractivity contribution >= 4 is 23.2 Å². The van der Waals surface area contributed by atoms with E-state index in [-0.39, 0.29) is 11.6 Å². The molecule has 8 heteroatoms. The summed E-state index contributed by atoms with van der Waals surface area (Å²) < 4.78 is 10.2. The maximum Gasteiger partial charge on any atom is 0.274 e. The maximum atomic E-state index is 12.5. The van der Waals surface area contributed by atoms with Gasteiger partial charge in [0.1, 0.15) is 28.8 Å². The van der Waals surface area contributed by atoms with Gasteiger partial charge in [-0.2, -0.15) is 0 Å². The molecule has 128 valence electrons. The summed E-state index contributed by atoms with van der Waals surface area (Å²) in [5.41, 5.74) is 0.786. The lowest BCUT2D eigenvalue weighted by atomic mass is 10.2. The molecule has 0 saturated carbocycles. The third-order valence-corrected chi connectivity index (χ3v) is 3.31. The van der Waals surface area contributed by atoms with E-state index in [1.165, 1.54) is 0 Å². The summed E-state index contributed by atoms with van der Waals surface area (Å²) in [6, 6.07) is 10.4. The summed E-state index contributed by atoms with van der Waals surface area (Å²) in [4.78, 5) is 21.0. The number of carbonyl (C=O) groups excluding carboxylic acids is 1. The van der Waals surface area contributed by atoms with E-state index >= 15 is 0 Å². The molecule has 0 radical (unpaired) electrons. The van der Waals surface area contributed by atoms with E-state index in [1.54, 1.807) is 45.2 Å². The van der Waals surface area contributed by atoms with Crippen LogP contribution in [0.15, 0.2) is 40.9 Å². The zero-order chi connectivity index (χ0) is 17.8. The molecular weight excluding hydrogens is 322 g/mol. The van der Waals surface area contributed by atoms with Crippen molar-refractivity contribution in [1.82, 2.24) is 15.1 Å². The Hall–Kier alpha value is -3.42. The van der Waals surface area contributed by atoms with Crippen LogP contribution in [0.3, 0.4) is 0 Å². The number of anilines is 3. The Balaban J connectivity index is 1.82. The molecule has 2 N–H and O–H groups in total. The second-order valence-electron chi connectivity index (χ2n) is 5.29. The van der Waals surface area contributed by atoms with E-state index in [2.05, 4.69) is 25.8 Å². The molecule has 2 aromatic heterocycles. The third kappa shape index (κ3) is 3.92. The van der Waals surface area contributed by atoms with Gasteiger partial charge < -0.3 is 19.9 Å². The fourth-order valence-corrected chi connectivity index (χ4v) is 2.24. The number of nitrogens with one attached hydrogen (secondary N) is 2. The van der Waals surface area contributed by atoms with Crippen LogP contribution in [0.2, 0.25) is 0 Å². The van der Waals surface area contributed by atoms with Crippen LogP contribution in [-0.2, 0) is 0 Å². The number of para-hydroxylation sites is 2. The zero-order valence-electron chi connectivity index (χ0n) is 14.0. The van der Waals surface area contributed by atoms with Gasteiger partial charge in [0, 0.05) is 12.1 Å². The number of nitrogens with zero attached hydrogens (tertiary/aromatic N) is 3. The Morgan fingerprint density at radius 2 is 1.92 bits per heavy atom. The molecule has 0 bridgehead atoms. The standard InChI is InChI=1S/C17H17N5O3/c1-10-8-16(22-25-10)21-15-9-13(18-11(2)19-15)17(23)20-12-6-4-5-7-14(12)24-3/h4-9H,1-3H3,(H,20,23)(H,18,19,21,22). The van der Waals surface area contributed by atoms with Crippen molar-refractivity contribution in [2.45, 2.75) is 13.8 Å². The highest BCUT2D eigenvalue weighted by Crippen LogP contribution is 2.24. The molecule has 0 aliphatic rings. The van der Waals surface area contributed by atoms with Gasteiger partial charge >= 0.3 is 0 Å². The number of benzene rings is 1. The quantitative estimate of drug-likeness (QED) is 0.736. The average Bonchev–Trinajstić information content (AvgIpc) is 2.99. The Bertz CT molecular complexity index is 907. The summed E-state index contributed by atoms with van der Waals surface area (Å²) in [5, 5.41) is 9.61. The Morgan fingerprint density at radius 3 is 2.64 bits per heavy atom. The van der Waals surface area contributed by atoms with Gasteiger partial charge in [-0.1, -0.05) is 17.3 Å². The van der Waals surface area contributed by atoms with Crippen molar-refractivity contribution in [3.05, 3.63) is 53.7 Å². The molecule has 1 aromatic carbocycles. The number of ether oxygens (including phenoxy) is 1. The fraction of sp³-hybridized carbons (Fsp3) is 0.176. The number of hydrogen-bond acceptors (Lipinski definition) is 7. The molecule has 3 aromatic rings. The molecule has 0 saturated heterocycles. The van der Waals surface area contributed by atoms with Gasteiger partial charge in [-0.25, -0.2) is 9.97 Å². The number of hydrogen-bond donors (Lipinski definition) is 2. The Morgan fingerprint density at radius 1 is 1.12 bits per heavy atom. The van der Waals surface area contributed by atoms with Gasteiger partial charge in [0.05, 0.1) is 12.8 Å². The molecule has 3 rings (SSSR count). The zero-order valence-corrected chi connectivity index (χ0v) is 14.0. The van der Waals surface area contributed by atoms with Gasteiger partial charge in [0.15, 0.2) is 5.82 Å². The molecule has 0 spiro atoms. The lowest BCUT2D eigenvalue weighted by Gasteiger charge is -2.10. The van der Waals surface area contributed by atoms with Crippen LogP contribution < -0.4 is 15.4 Å². The van der Waals surface area contributed by atoms with Crippen LogP contribution >= 0.6 is 0 Å². The topological polar surface area (TPSA) is 102 Å². The molecule has 0 fully saturated rings. The number of rotatable bonds is 5. The van der Waals surface area contributed by atoms with Crippen molar-refractivity contribution in [2.75, 3.05) is 17.7 Å². The van der Waals surface area contributed by atoms with Gasteiger partial charge in [0.25, 0.3) is 5.91 Å². The highest BCUT2D eigenvalue weighted by Gasteiger charge is 2.13. The highest BCUT2D eigenvalue weighted by atomic mass is 16.5. The first kappa shape index (κ1) is 16.4. The van der Waals surface area contributed by atoms with Crippen molar-refractivity contribution in [2.24, 2.45) is 0 Å². The second kappa shape index (κ2) is 7.00. The van der Waals surface area contributed by atoms with Crippen LogP contribution in [0.25, 0.3) is 0 Å². The number of amides is 1. The van der Waals surface area contributed by atoms with E-state index in [0.717, 1.165) is 0 Å². The third-order valence-electron chi connectivity index (χ3n) is 3.31. The predicted molar refractivity (Wildman–Crippen MR) is 92.2 cm³/mol. The van der Waals surface area contributed by atoms with Crippen LogP contribution in [-0.4, -0.2) is 28.1 Å². The van der Waals surface area contributed by atoms with Gasteiger partial charge in [0.2, 0.25) is 0 Å². The summed E-state index contributed by atoms with van der Waals surface area (Å²) in [7, 11) is 1.54. The summed E-state index contributed by atoms with van der Waals surface area (Å²) in [5.74, 6) is 2.28. The maximum absolute atomic E-state index is 12.5. The lowest BCUT2D eigenvalue weighted by molar-refractivity contribution is 0.102. The van der Waals surface area contributed by atoms with Gasteiger partial charge in [-0.15, -0.1) is 0 Å². The van der Waals surface area contributed by atoms with E-state index < -0.39 is 0 Å². The molecule has 1 amide bonds. The number of methoxy groups -OCH3 is 1. The monoisotopic (exact) mass is 339 g/mol. The number of aryl methyl sites for hydroxylation is 2. The molecule has 0 aliphatic heterocycles. The SMILES string of the molecule is COc1ccccc1NC(=O)c1cc(Nc2cc(C)on2)nc(C)n1. The van der Waals surface area contributed by atoms with Crippen molar-refractivity contribution in [3.8, 4) is 5.75 Å². The highest BCUT2D eigenvalue weighted by molar-refractivity contribution is 6.04. The van der Waals surface area contributed by atoms with Gasteiger partial charge in [-0.3, -0.25) is 4.79 Å². The fourth-order valence-electron chi connectivity index (χ4n) is 2.24. The van der Waals surface area contributed by atoms with Crippen LogP contribution in [0.4, 0.5) is 17.3 Å². The molecule has 0 unspecified atom stereocenters. The molecule has 25 heavy (non-hydrogen) atoms. The number of aromatic nitrogens is 3. The minimum Gasteiger partial charge on any atom is -0.495 e. The normalized spacial score (nSPS) is 10.4. The van der Waals surface area contributed by atoms with E-state index in [4.69, 9.17) is 9.26 Å². The molecule has 8 nitrogen and oxygen atoms in total. The molecule has 0 aliphatic carbocycles. The lowest BCUT2D eigenvalue weighted by Crippen LogP contribution is -2.16. The largest absolute Gasteiger partial charge is 0.495 e. The van der Waals surface area contributed by atoms with E-state index in [0.29, 0.717) is 34.7 Å². The average molecular weight is 339 g/mol. The first-order valence-electron chi connectivity index (χ1n) is 7.55. The van der Waals surface area contributed by atoms with E-state index in [1.807, 2.05) is 12.1 Å². The first-order chi connectivity index (χ1) is 12.0. The van der Waals surface area contributed by atoms with Crippen LogP contribution in [0.1, 0.15) is 22.1 Å². The molecule has 2 heterocycles. The van der Waals surface area contributed by atoms with E-state index in [9.17, 15) is 4.79 Å². The summed E-state index contributed by atoms with van der Waals surface area (Å²) in [6.07, 6.45) is 0. The summed E-state index contributed by atoms with van der Waals surface area (Å²) in [6.45, 7) is 3.49. The smallest absolute Gasteiger partial charge is 0.274 e. The van der Waals surface area contributed by atoms with Crippen molar-refractivity contribution < 1.29 is 14.1 Å². The van der Waals surface area contributed by atoms with Crippen LogP contribution in [0.5, 0.6) is 5.75 Å². The minimum atomic E-state index is -0.366. The predicted octanol–water partition coefficient (Wildman–Crippen LogP) is 3.09. The molecule has 0 atom stereocenters. The van der Waals surface area contributed by atoms with Crippen molar-refractivity contribution in [3.63, 3.8) is 0 Å². The molecular formula is C17H17N5O3. The minimum absolute atomic E-state index is 0.223.